The molecular weight excluding hydrogens is 184 g/mol. The van der Waals surface area contributed by atoms with Gasteiger partial charge in [-0.25, -0.2) is 0 Å². The van der Waals surface area contributed by atoms with Gasteiger partial charge in [0, 0.05) is 17.8 Å². The number of carbonyl (C=O) groups excluding carboxylic acids is 1. The number of carbonyl (C=O) groups is 1. The Bertz CT molecular complexity index is 204. The molecule has 0 aromatic heterocycles. The molecule has 1 fully saturated rings. The van der Waals surface area contributed by atoms with Crippen LogP contribution in [-0.4, -0.2) is 54.2 Å². The zero-order valence-corrected chi connectivity index (χ0v) is 9.47. The first-order chi connectivity index (χ1) is 5.91. The third kappa shape index (κ3) is 3.19. The van der Waals surface area contributed by atoms with Crippen molar-refractivity contribution in [2.24, 2.45) is 0 Å². The second kappa shape index (κ2) is 3.88. The Morgan fingerprint density at radius 1 is 1.62 bits per heavy atom. The van der Waals surface area contributed by atoms with Crippen molar-refractivity contribution in [3.63, 3.8) is 0 Å². The van der Waals surface area contributed by atoms with Crippen molar-refractivity contribution in [2.75, 3.05) is 33.7 Å². The van der Waals surface area contributed by atoms with Crippen molar-refractivity contribution in [3.8, 4) is 0 Å². The van der Waals surface area contributed by atoms with Crippen molar-refractivity contribution in [2.45, 2.75) is 18.1 Å². The van der Waals surface area contributed by atoms with E-state index in [9.17, 15) is 4.79 Å². The summed E-state index contributed by atoms with van der Waals surface area (Å²) in [6.07, 6.45) is 0.995. The fraction of sp³-hybridized carbons (Fsp3) is 0.889. The lowest BCUT2D eigenvalue weighted by molar-refractivity contribution is -0.130. The molecule has 1 aliphatic rings. The van der Waals surface area contributed by atoms with Crippen LogP contribution in [0, 0.1) is 0 Å². The third-order valence-electron chi connectivity index (χ3n) is 2.26. The van der Waals surface area contributed by atoms with Gasteiger partial charge in [-0.3, -0.25) is 4.79 Å². The zero-order chi connectivity index (χ0) is 10.1. The summed E-state index contributed by atoms with van der Waals surface area (Å²) in [4.78, 5) is 15.4. The molecule has 76 valence electrons. The Morgan fingerprint density at radius 2 is 2.23 bits per heavy atom. The molecule has 0 radical (unpaired) electrons. The Hall–Kier alpha value is -0.220. The van der Waals surface area contributed by atoms with Crippen LogP contribution < -0.4 is 0 Å². The standard InChI is InChI=1S/C9H18N2OS/c1-9(13)4-5-11(7-9)8(12)6-10(2)3/h13H,4-7H2,1-3H3. The van der Waals surface area contributed by atoms with Crippen LogP contribution in [0.3, 0.4) is 0 Å². The van der Waals surface area contributed by atoms with Crippen molar-refractivity contribution in [3.05, 3.63) is 0 Å². The van der Waals surface area contributed by atoms with E-state index in [1.807, 2.05) is 23.9 Å². The van der Waals surface area contributed by atoms with E-state index in [1.54, 1.807) is 0 Å². The van der Waals surface area contributed by atoms with Gasteiger partial charge in [-0.2, -0.15) is 12.6 Å². The molecule has 1 rings (SSSR count). The maximum absolute atomic E-state index is 11.6. The fourth-order valence-corrected chi connectivity index (χ4v) is 1.80. The number of nitrogens with zero attached hydrogens (tertiary/aromatic N) is 2. The number of thiol groups is 1. The maximum atomic E-state index is 11.6. The summed E-state index contributed by atoms with van der Waals surface area (Å²) in [5.41, 5.74) is 0. The van der Waals surface area contributed by atoms with E-state index >= 15 is 0 Å². The van der Waals surface area contributed by atoms with Gasteiger partial charge >= 0.3 is 0 Å². The summed E-state index contributed by atoms with van der Waals surface area (Å²) < 4.78 is 0.0158. The minimum atomic E-state index is 0.0158. The highest BCUT2D eigenvalue weighted by atomic mass is 32.1. The molecular formula is C9H18N2OS. The Labute approximate surface area is 85.5 Å². The van der Waals surface area contributed by atoms with Crippen LogP contribution in [0.5, 0.6) is 0 Å². The lowest BCUT2D eigenvalue weighted by Gasteiger charge is -2.20. The third-order valence-corrected chi connectivity index (χ3v) is 2.62. The molecule has 0 N–H and O–H groups in total. The molecule has 0 aromatic rings. The van der Waals surface area contributed by atoms with Crippen LogP contribution in [0.1, 0.15) is 13.3 Å². The number of likely N-dealkylation sites (N-methyl/N-ethyl adjacent to an activating group) is 1. The van der Waals surface area contributed by atoms with E-state index in [-0.39, 0.29) is 10.7 Å². The van der Waals surface area contributed by atoms with E-state index in [0.717, 1.165) is 19.5 Å². The van der Waals surface area contributed by atoms with E-state index in [4.69, 9.17) is 0 Å². The van der Waals surface area contributed by atoms with E-state index in [1.165, 1.54) is 0 Å². The smallest absolute Gasteiger partial charge is 0.236 e. The lowest BCUT2D eigenvalue weighted by atomic mass is 10.1. The fourth-order valence-electron chi connectivity index (χ4n) is 1.53. The first kappa shape index (κ1) is 10.9. The highest BCUT2D eigenvalue weighted by Crippen LogP contribution is 2.26. The molecule has 1 unspecified atom stereocenters. The first-order valence-electron chi connectivity index (χ1n) is 4.56. The minimum absolute atomic E-state index is 0.0158. The monoisotopic (exact) mass is 202 g/mol. The maximum Gasteiger partial charge on any atom is 0.236 e. The summed E-state index contributed by atoms with van der Waals surface area (Å²) in [5, 5.41) is 0. The predicted molar refractivity (Wildman–Crippen MR) is 57.1 cm³/mol. The molecule has 0 bridgehead atoms. The van der Waals surface area contributed by atoms with Crippen molar-refractivity contribution in [1.82, 2.24) is 9.80 Å². The van der Waals surface area contributed by atoms with Gasteiger partial charge in [0.15, 0.2) is 0 Å². The van der Waals surface area contributed by atoms with Crippen molar-refractivity contribution >= 4 is 18.5 Å². The molecule has 0 saturated carbocycles. The number of amides is 1. The average Bonchev–Trinajstić information content (AvgIpc) is 2.28. The van der Waals surface area contributed by atoms with Gasteiger partial charge in [0.2, 0.25) is 5.91 Å². The van der Waals surface area contributed by atoms with Gasteiger partial charge in [0.05, 0.1) is 6.54 Å². The van der Waals surface area contributed by atoms with Gasteiger partial charge in [0.1, 0.15) is 0 Å². The molecule has 0 spiro atoms. The molecule has 1 saturated heterocycles. The molecule has 0 aromatic carbocycles. The molecule has 4 heteroatoms. The molecule has 1 aliphatic heterocycles. The SMILES string of the molecule is CN(C)CC(=O)N1CCC(C)(S)C1. The summed E-state index contributed by atoms with van der Waals surface area (Å²) in [6.45, 7) is 4.22. The predicted octanol–water partition coefficient (Wildman–Crippen LogP) is 0.469. The van der Waals surface area contributed by atoms with Gasteiger partial charge in [-0.15, -0.1) is 0 Å². The first-order valence-corrected chi connectivity index (χ1v) is 5.00. The minimum Gasteiger partial charge on any atom is -0.340 e. The van der Waals surface area contributed by atoms with Gasteiger partial charge in [-0.1, -0.05) is 0 Å². The summed E-state index contributed by atoms with van der Waals surface area (Å²) in [6, 6.07) is 0. The second-order valence-corrected chi connectivity index (χ2v) is 5.38. The van der Waals surface area contributed by atoms with Crippen LogP contribution in [0.2, 0.25) is 0 Å². The van der Waals surface area contributed by atoms with Crippen LogP contribution >= 0.6 is 12.6 Å². The Morgan fingerprint density at radius 3 is 2.62 bits per heavy atom. The molecule has 3 nitrogen and oxygen atoms in total. The number of rotatable bonds is 2. The Balaban J connectivity index is 2.42. The second-order valence-electron chi connectivity index (χ2n) is 4.30. The average molecular weight is 202 g/mol. The van der Waals surface area contributed by atoms with Crippen LogP contribution in [0.4, 0.5) is 0 Å². The topological polar surface area (TPSA) is 23.6 Å². The van der Waals surface area contributed by atoms with E-state index < -0.39 is 0 Å². The Kier molecular flexibility index (Phi) is 3.24. The summed E-state index contributed by atoms with van der Waals surface area (Å²) in [5.74, 6) is 0.211. The number of likely N-dealkylation sites (tertiary alicyclic amines) is 1. The van der Waals surface area contributed by atoms with E-state index in [0.29, 0.717) is 6.54 Å². The quantitative estimate of drug-likeness (QED) is 0.658. The summed E-state index contributed by atoms with van der Waals surface area (Å²) >= 11 is 4.49. The van der Waals surface area contributed by atoms with E-state index in [2.05, 4.69) is 19.6 Å². The van der Waals surface area contributed by atoms with Gasteiger partial charge < -0.3 is 9.80 Å². The van der Waals surface area contributed by atoms with Crippen LogP contribution in [0.25, 0.3) is 0 Å². The highest BCUT2D eigenvalue weighted by Gasteiger charge is 2.32. The number of hydrogen-bond acceptors (Lipinski definition) is 3. The molecule has 1 atom stereocenters. The molecule has 13 heavy (non-hydrogen) atoms. The van der Waals surface area contributed by atoms with Crippen LogP contribution in [0.15, 0.2) is 0 Å². The zero-order valence-electron chi connectivity index (χ0n) is 8.58. The highest BCUT2D eigenvalue weighted by molar-refractivity contribution is 7.81. The van der Waals surface area contributed by atoms with Crippen molar-refractivity contribution in [1.29, 1.82) is 0 Å². The summed E-state index contributed by atoms with van der Waals surface area (Å²) in [7, 11) is 3.82. The van der Waals surface area contributed by atoms with Crippen molar-refractivity contribution < 1.29 is 4.79 Å². The molecule has 1 amide bonds. The number of hydrogen-bond donors (Lipinski definition) is 1. The largest absolute Gasteiger partial charge is 0.340 e. The van der Waals surface area contributed by atoms with Crippen LogP contribution in [-0.2, 0) is 4.79 Å². The molecule has 1 heterocycles. The van der Waals surface area contributed by atoms with Gasteiger partial charge in [-0.05, 0) is 27.4 Å². The normalized spacial score (nSPS) is 28.5. The van der Waals surface area contributed by atoms with Gasteiger partial charge in [0.25, 0.3) is 0 Å². The molecule has 0 aliphatic carbocycles. The lowest BCUT2D eigenvalue weighted by Crippen LogP contribution is -2.37.